The summed E-state index contributed by atoms with van der Waals surface area (Å²) in [6.07, 6.45) is 5.21. The van der Waals surface area contributed by atoms with E-state index in [-0.39, 0.29) is 29.7 Å². The van der Waals surface area contributed by atoms with E-state index in [1.165, 1.54) is 0 Å². The van der Waals surface area contributed by atoms with E-state index in [2.05, 4.69) is 23.8 Å². The third-order valence-electron chi connectivity index (χ3n) is 10.1. The first-order valence-electron chi connectivity index (χ1n) is 14.1. The van der Waals surface area contributed by atoms with E-state index in [1.807, 2.05) is 36.4 Å². The minimum Gasteiger partial charge on any atom is -0.454 e. The first-order chi connectivity index (χ1) is 19.2. The largest absolute Gasteiger partial charge is 0.454 e. The summed E-state index contributed by atoms with van der Waals surface area (Å²) < 4.78 is 40.0. The number of ether oxygens (including phenoxy) is 2. The van der Waals surface area contributed by atoms with E-state index < -0.39 is 15.4 Å². The zero-order valence-corrected chi connectivity index (χ0v) is 23.7. The van der Waals surface area contributed by atoms with Crippen molar-refractivity contribution in [1.29, 1.82) is 0 Å². The Morgan fingerprint density at radius 1 is 1.07 bits per heavy atom. The zero-order chi connectivity index (χ0) is 27.7. The molecule has 4 heterocycles. The van der Waals surface area contributed by atoms with Gasteiger partial charge in [-0.05, 0) is 67.3 Å². The highest BCUT2D eigenvalue weighted by molar-refractivity contribution is 7.89. The third kappa shape index (κ3) is 3.90. The molecule has 210 valence electrons. The average molecular weight is 563 g/mol. The van der Waals surface area contributed by atoms with Gasteiger partial charge in [0, 0.05) is 42.6 Å². The number of aromatic amines is 1. The number of imidazole rings is 1. The SMILES string of the molecule is CC1(C)C2CCC1(CS(=O)(=O)N1CCC(c3nc(-c4ccc5c(c4)OCO5)c(-c4ccccn4)[nH]3)CC1)C(=O)C2. The quantitative estimate of drug-likeness (QED) is 0.460. The molecule has 10 heteroatoms. The standard InChI is InChI=1S/C30H34N4O5S/c1-29(2)21-8-11-30(29,25(35)16-21)17-40(36,37)34-13-9-19(10-14-34)28-32-26(27(33-28)22-5-3-4-12-31-22)20-6-7-23-24(15-20)39-18-38-23/h3-7,12,15,19,21H,8-11,13-14,16-18H2,1-2H3,(H,32,33). The molecular formula is C30H34N4O5S. The second kappa shape index (κ2) is 9.14. The number of carbonyl (C=O) groups is 1. The summed E-state index contributed by atoms with van der Waals surface area (Å²) in [5, 5.41) is 0. The molecule has 2 saturated carbocycles. The number of sulfonamides is 1. The summed E-state index contributed by atoms with van der Waals surface area (Å²) in [6, 6.07) is 11.6. The van der Waals surface area contributed by atoms with Crippen LogP contribution < -0.4 is 9.47 Å². The van der Waals surface area contributed by atoms with Crippen molar-refractivity contribution in [3.63, 3.8) is 0 Å². The van der Waals surface area contributed by atoms with Gasteiger partial charge in [-0.3, -0.25) is 9.78 Å². The summed E-state index contributed by atoms with van der Waals surface area (Å²) in [4.78, 5) is 26.1. The van der Waals surface area contributed by atoms with E-state index in [4.69, 9.17) is 14.5 Å². The zero-order valence-electron chi connectivity index (χ0n) is 22.9. The van der Waals surface area contributed by atoms with Crippen molar-refractivity contribution in [3.8, 4) is 34.1 Å². The van der Waals surface area contributed by atoms with Crippen LogP contribution in [-0.4, -0.2) is 59.1 Å². The van der Waals surface area contributed by atoms with E-state index in [1.54, 1.807) is 10.5 Å². The molecule has 3 fully saturated rings. The number of aromatic nitrogens is 3. The average Bonchev–Trinajstić information content (AvgIpc) is 3.69. The maximum Gasteiger partial charge on any atom is 0.231 e. The Morgan fingerprint density at radius 2 is 1.88 bits per heavy atom. The number of nitrogens with zero attached hydrogens (tertiary/aromatic N) is 3. The molecule has 1 N–H and O–H groups in total. The second-order valence-electron chi connectivity index (χ2n) is 12.2. The van der Waals surface area contributed by atoms with E-state index >= 15 is 0 Å². The first-order valence-corrected chi connectivity index (χ1v) is 15.7. The van der Waals surface area contributed by atoms with Crippen molar-refractivity contribution in [1.82, 2.24) is 19.3 Å². The number of carbonyl (C=O) groups excluding carboxylic acids is 1. The smallest absolute Gasteiger partial charge is 0.231 e. The van der Waals surface area contributed by atoms with Gasteiger partial charge in [0.15, 0.2) is 11.5 Å². The topological polar surface area (TPSA) is 114 Å². The van der Waals surface area contributed by atoms with Crippen molar-refractivity contribution in [2.75, 3.05) is 25.6 Å². The summed E-state index contributed by atoms with van der Waals surface area (Å²) in [7, 11) is -3.57. The van der Waals surface area contributed by atoms with Crippen molar-refractivity contribution in [2.45, 2.75) is 51.9 Å². The molecule has 3 aromatic rings. The maximum absolute atomic E-state index is 13.6. The van der Waals surface area contributed by atoms with Crippen LogP contribution in [0.4, 0.5) is 0 Å². The number of pyridine rings is 1. The van der Waals surface area contributed by atoms with Crippen molar-refractivity contribution in [2.24, 2.45) is 16.7 Å². The highest BCUT2D eigenvalue weighted by atomic mass is 32.2. The number of rotatable bonds is 6. The number of hydrogen-bond acceptors (Lipinski definition) is 7. The van der Waals surface area contributed by atoms with Crippen LogP contribution in [0, 0.1) is 16.7 Å². The molecule has 2 unspecified atom stereocenters. The van der Waals surface area contributed by atoms with Gasteiger partial charge in [0.05, 0.1) is 22.8 Å². The van der Waals surface area contributed by atoms with Gasteiger partial charge in [0.2, 0.25) is 16.8 Å². The number of nitrogens with one attached hydrogen (secondary N) is 1. The fourth-order valence-electron chi connectivity index (χ4n) is 7.45. The summed E-state index contributed by atoms with van der Waals surface area (Å²) in [5.74, 6) is 2.68. The molecule has 1 aromatic carbocycles. The Bertz CT molecular complexity index is 1580. The van der Waals surface area contributed by atoms with E-state index in [0.29, 0.717) is 56.2 Å². The number of fused-ring (bicyclic) bond motifs is 3. The molecule has 2 bridgehead atoms. The van der Waals surface area contributed by atoms with Crippen LogP contribution in [0.5, 0.6) is 11.5 Å². The predicted octanol–water partition coefficient (Wildman–Crippen LogP) is 4.77. The molecule has 1 saturated heterocycles. The summed E-state index contributed by atoms with van der Waals surface area (Å²) in [5.41, 5.74) is 2.26. The Balaban J connectivity index is 1.13. The number of ketones is 1. The molecule has 2 aliphatic carbocycles. The Morgan fingerprint density at radius 3 is 2.58 bits per heavy atom. The van der Waals surface area contributed by atoms with Crippen LogP contribution in [-0.2, 0) is 14.8 Å². The summed E-state index contributed by atoms with van der Waals surface area (Å²) in [6.45, 7) is 5.21. The molecule has 2 aromatic heterocycles. The molecule has 4 aliphatic rings. The van der Waals surface area contributed by atoms with Gasteiger partial charge in [-0.2, -0.15) is 0 Å². The lowest BCUT2D eigenvalue weighted by atomic mass is 9.70. The van der Waals surface area contributed by atoms with E-state index in [0.717, 1.165) is 34.9 Å². The van der Waals surface area contributed by atoms with Gasteiger partial charge in [-0.25, -0.2) is 17.7 Å². The van der Waals surface area contributed by atoms with Gasteiger partial charge in [-0.1, -0.05) is 19.9 Å². The monoisotopic (exact) mass is 562 g/mol. The number of hydrogen-bond donors (Lipinski definition) is 1. The van der Waals surface area contributed by atoms with Crippen LogP contribution in [0.1, 0.15) is 57.7 Å². The molecule has 9 nitrogen and oxygen atoms in total. The molecule has 0 spiro atoms. The first kappa shape index (κ1) is 25.7. The molecule has 40 heavy (non-hydrogen) atoms. The van der Waals surface area contributed by atoms with Crippen LogP contribution in [0.2, 0.25) is 0 Å². The number of piperidine rings is 1. The van der Waals surface area contributed by atoms with Gasteiger partial charge in [0.1, 0.15) is 11.6 Å². The predicted molar refractivity (Wildman–Crippen MR) is 149 cm³/mol. The van der Waals surface area contributed by atoms with Crippen LogP contribution in [0.3, 0.4) is 0 Å². The van der Waals surface area contributed by atoms with E-state index in [9.17, 15) is 13.2 Å². The Hall–Kier alpha value is -3.24. The molecule has 0 amide bonds. The number of H-pyrrole nitrogens is 1. The Kier molecular flexibility index (Phi) is 5.87. The molecule has 2 atom stereocenters. The molecule has 7 rings (SSSR count). The lowest BCUT2D eigenvalue weighted by Crippen LogP contribution is -2.48. The second-order valence-corrected chi connectivity index (χ2v) is 14.2. The van der Waals surface area contributed by atoms with Gasteiger partial charge in [-0.15, -0.1) is 0 Å². The highest BCUT2D eigenvalue weighted by Crippen LogP contribution is 2.64. The minimum atomic E-state index is -3.57. The van der Waals surface area contributed by atoms with Crippen molar-refractivity contribution >= 4 is 15.8 Å². The minimum absolute atomic E-state index is 0.0637. The third-order valence-corrected chi connectivity index (χ3v) is 12.1. The fourth-order valence-corrected chi connectivity index (χ4v) is 9.70. The molecule has 2 aliphatic heterocycles. The normalized spacial score (nSPS) is 26.1. The van der Waals surface area contributed by atoms with Crippen LogP contribution in [0.15, 0.2) is 42.6 Å². The Labute approximate surface area is 234 Å². The fraction of sp³-hybridized carbons (Fsp3) is 0.500. The van der Waals surface area contributed by atoms with Crippen molar-refractivity contribution in [3.05, 3.63) is 48.4 Å². The van der Waals surface area contributed by atoms with Gasteiger partial charge in [0.25, 0.3) is 0 Å². The van der Waals surface area contributed by atoms with Crippen LogP contribution >= 0.6 is 0 Å². The summed E-state index contributed by atoms with van der Waals surface area (Å²) >= 11 is 0. The van der Waals surface area contributed by atoms with Crippen molar-refractivity contribution < 1.29 is 22.7 Å². The number of benzene rings is 1. The number of Topliss-reactive ketones (excluding diaryl/α,β-unsaturated/α-hetero) is 1. The lowest BCUT2D eigenvalue weighted by Gasteiger charge is -2.39. The molecular weight excluding hydrogens is 528 g/mol. The highest BCUT2D eigenvalue weighted by Gasteiger charge is 2.65. The van der Waals surface area contributed by atoms with Crippen LogP contribution in [0.25, 0.3) is 22.6 Å². The lowest BCUT2D eigenvalue weighted by molar-refractivity contribution is -0.128. The maximum atomic E-state index is 13.6. The van der Waals surface area contributed by atoms with Gasteiger partial charge < -0.3 is 14.5 Å². The van der Waals surface area contributed by atoms with Gasteiger partial charge >= 0.3 is 0 Å². The molecule has 0 radical (unpaired) electrons.